The van der Waals surface area contributed by atoms with Gasteiger partial charge in [0.05, 0.1) is 16.6 Å². The van der Waals surface area contributed by atoms with Gasteiger partial charge >= 0.3 is 0 Å². The fourth-order valence-electron chi connectivity index (χ4n) is 4.98. The molecule has 2 aliphatic rings. The van der Waals surface area contributed by atoms with E-state index in [-0.39, 0.29) is 43.5 Å². The average Bonchev–Trinajstić information content (AvgIpc) is 3.59. The van der Waals surface area contributed by atoms with E-state index < -0.39 is 5.92 Å². The molecule has 2 aromatic carbocycles. The van der Waals surface area contributed by atoms with Crippen molar-refractivity contribution >= 4 is 27.4 Å². The summed E-state index contributed by atoms with van der Waals surface area (Å²) < 4.78 is 29.1. The molecule has 2 atom stereocenters. The Kier molecular flexibility index (Phi) is 4.32. The van der Waals surface area contributed by atoms with Crippen LogP contribution in [0.1, 0.15) is 36.9 Å². The van der Waals surface area contributed by atoms with Crippen LogP contribution in [0.3, 0.4) is 0 Å². The molecular formula is C26H23F2N3O. The van der Waals surface area contributed by atoms with Gasteiger partial charge in [0.1, 0.15) is 0 Å². The normalized spacial score (nSPS) is 22.4. The van der Waals surface area contributed by atoms with E-state index in [1.54, 1.807) is 0 Å². The number of pyridine rings is 2. The summed E-state index contributed by atoms with van der Waals surface area (Å²) >= 11 is 0. The molecule has 1 saturated carbocycles. The summed E-state index contributed by atoms with van der Waals surface area (Å²) in [6, 6.07) is 19.9. The second-order valence-corrected chi connectivity index (χ2v) is 8.95. The van der Waals surface area contributed by atoms with Crippen molar-refractivity contribution in [2.75, 3.05) is 18.0 Å². The van der Waals surface area contributed by atoms with Crippen LogP contribution in [0.2, 0.25) is 0 Å². The van der Waals surface area contributed by atoms with Crippen molar-refractivity contribution < 1.29 is 8.78 Å². The maximum atomic E-state index is 13.7. The van der Waals surface area contributed by atoms with E-state index in [4.69, 9.17) is 4.98 Å². The van der Waals surface area contributed by atoms with Crippen LogP contribution >= 0.6 is 0 Å². The van der Waals surface area contributed by atoms with E-state index in [2.05, 4.69) is 12.1 Å². The Balaban J connectivity index is 1.35. The summed E-state index contributed by atoms with van der Waals surface area (Å²) in [4.78, 5) is 20.3. The van der Waals surface area contributed by atoms with Crippen LogP contribution in [0.4, 0.5) is 14.5 Å². The second-order valence-electron chi connectivity index (χ2n) is 8.95. The maximum absolute atomic E-state index is 13.7. The van der Waals surface area contributed by atoms with Gasteiger partial charge in [0.15, 0.2) is 0 Å². The van der Waals surface area contributed by atoms with Crippen LogP contribution in [0.15, 0.2) is 71.7 Å². The van der Waals surface area contributed by atoms with Crippen LogP contribution in [0.25, 0.3) is 21.7 Å². The number of hydrogen-bond acceptors (Lipinski definition) is 3. The number of alkyl halides is 2. The van der Waals surface area contributed by atoms with Crippen molar-refractivity contribution in [3.63, 3.8) is 0 Å². The fourth-order valence-corrected chi connectivity index (χ4v) is 4.98. The van der Waals surface area contributed by atoms with Crippen molar-refractivity contribution in [1.29, 1.82) is 0 Å². The highest BCUT2D eigenvalue weighted by atomic mass is 19.3. The molecule has 0 unspecified atom stereocenters. The van der Waals surface area contributed by atoms with Crippen molar-refractivity contribution in [3.05, 3.63) is 82.9 Å². The fraction of sp³-hybridized carbons (Fsp3) is 0.308. The monoisotopic (exact) mass is 431 g/mol. The van der Waals surface area contributed by atoms with Crippen LogP contribution < -0.4 is 10.5 Å². The molecule has 0 N–H and O–H groups in total. The molecule has 2 fully saturated rings. The van der Waals surface area contributed by atoms with Gasteiger partial charge in [-0.3, -0.25) is 9.78 Å². The van der Waals surface area contributed by atoms with Gasteiger partial charge in [-0.05, 0) is 36.1 Å². The summed E-state index contributed by atoms with van der Waals surface area (Å²) in [5, 5.41) is 2.58. The van der Waals surface area contributed by atoms with E-state index in [1.165, 1.54) is 0 Å². The van der Waals surface area contributed by atoms with Crippen LogP contribution in [-0.2, 0) is 0 Å². The smallest absolute Gasteiger partial charge is 0.260 e. The molecule has 0 spiro atoms. The molecule has 32 heavy (non-hydrogen) atoms. The largest absolute Gasteiger partial charge is 0.370 e. The minimum Gasteiger partial charge on any atom is -0.370 e. The number of halogens is 2. The minimum atomic E-state index is -2.62. The molecule has 1 saturated heterocycles. The molecule has 2 aromatic heterocycles. The van der Waals surface area contributed by atoms with Gasteiger partial charge in [0.2, 0.25) is 0 Å². The number of para-hydroxylation sites is 1. The van der Waals surface area contributed by atoms with Gasteiger partial charge in [-0.25, -0.2) is 8.78 Å². The highest BCUT2D eigenvalue weighted by Crippen LogP contribution is 2.50. The Bertz CT molecular complexity index is 1390. The third-order valence-corrected chi connectivity index (χ3v) is 6.89. The number of aromatic nitrogens is 2. The van der Waals surface area contributed by atoms with Crippen LogP contribution in [-0.4, -0.2) is 28.6 Å². The van der Waals surface area contributed by atoms with Gasteiger partial charge in [-0.15, -0.1) is 0 Å². The van der Waals surface area contributed by atoms with Crippen molar-refractivity contribution in [2.24, 2.45) is 0 Å². The molecule has 6 rings (SSSR count). The van der Waals surface area contributed by atoms with Gasteiger partial charge in [0, 0.05) is 55.2 Å². The van der Waals surface area contributed by atoms with Crippen LogP contribution in [0, 0.1) is 0 Å². The van der Waals surface area contributed by atoms with Gasteiger partial charge in [-0.2, -0.15) is 0 Å². The summed E-state index contributed by atoms with van der Waals surface area (Å²) in [6.45, 7) is 0.515. The molecule has 6 heteroatoms. The number of nitrogens with zero attached hydrogens (tertiary/aromatic N) is 3. The molecule has 4 nitrogen and oxygen atoms in total. The number of anilines is 1. The Morgan fingerprint density at radius 1 is 0.906 bits per heavy atom. The zero-order valence-electron chi connectivity index (χ0n) is 17.5. The second kappa shape index (κ2) is 7.12. The third-order valence-electron chi connectivity index (χ3n) is 6.89. The zero-order chi connectivity index (χ0) is 21.9. The molecule has 0 amide bonds. The van der Waals surface area contributed by atoms with Gasteiger partial charge < -0.3 is 9.47 Å². The molecule has 4 aromatic rings. The third kappa shape index (κ3) is 3.25. The summed E-state index contributed by atoms with van der Waals surface area (Å²) in [6.07, 6.45) is 2.38. The zero-order valence-corrected chi connectivity index (χ0v) is 17.5. The van der Waals surface area contributed by atoms with Crippen molar-refractivity contribution in [2.45, 2.75) is 37.1 Å². The first kappa shape index (κ1) is 19.4. The summed E-state index contributed by atoms with van der Waals surface area (Å²) in [5.41, 5.74) is 2.68. The van der Waals surface area contributed by atoms with Crippen molar-refractivity contribution in [1.82, 2.24) is 9.55 Å². The first-order chi connectivity index (χ1) is 15.5. The van der Waals surface area contributed by atoms with Crippen molar-refractivity contribution in [3.8, 4) is 0 Å². The lowest BCUT2D eigenvalue weighted by molar-refractivity contribution is -0.0220. The molecule has 162 valence electrons. The average molecular weight is 431 g/mol. The quantitative estimate of drug-likeness (QED) is 0.429. The topological polar surface area (TPSA) is 38.1 Å². The predicted molar refractivity (Wildman–Crippen MR) is 123 cm³/mol. The minimum absolute atomic E-state index is 0.0521. The number of rotatable bonds is 3. The Labute approximate surface area is 184 Å². The van der Waals surface area contributed by atoms with E-state index in [9.17, 15) is 13.6 Å². The Morgan fingerprint density at radius 3 is 2.53 bits per heavy atom. The standard InChI is InChI=1S/C26H23F2N3O/c27-26(28)11-14-30(15-12-26)22-7-3-5-18-10-13-31(25(32)24(18)22)23-16-19(23)21-9-8-17-4-1-2-6-20(17)29-21/h1-10,13,19,23H,11-12,14-16H2/t19-,23-/m1/s1. The lowest BCUT2D eigenvalue weighted by atomic mass is 10.0. The summed E-state index contributed by atoms with van der Waals surface area (Å²) in [5.74, 6) is -2.41. The highest BCUT2D eigenvalue weighted by molar-refractivity contribution is 5.93. The Morgan fingerprint density at radius 2 is 1.69 bits per heavy atom. The number of hydrogen-bond donors (Lipinski definition) is 0. The Hall–Kier alpha value is -3.28. The maximum Gasteiger partial charge on any atom is 0.260 e. The van der Waals surface area contributed by atoms with E-state index in [0.717, 1.165) is 34.1 Å². The predicted octanol–water partition coefficient (Wildman–Crippen LogP) is 5.51. The van der Waals surface area contributed by atoms with Crippen LogP contribution in [0.5, 0.6) is 0 Å². The number of piperidine rings is 1. The molecule has 0 bridgehead atoms. The van der Waals surface area contributed by atoms with Gasteiger partial charge in [-0.1, -0.05) is 36.4 Å². The molecule has 0 radical (unpaired) electrons. The van der Waals surface area contributed by atoms with E-state index in [0.29, 0.717) is 5.39 Å². The first-order valence-electron chi connectivity index (χ1n) is 11.1. The lowest BCUT2D eigenvalue weighted by Crippen LogP contribution is -2.40. The van der Waals surface area contributed by atoms with E-state index >= 15 is 0 Å². The molecule has 1 aliphatic heterocycles. The number of fused-ring (bicyclic) bond motifs is 2. The van der Waals surface area contributed by atoms with E-state index in [1.807, 2.05) is 64.2 Å². The number of benzene rings is 2. The molecule has 3 heterocycles. The molecular weight excluding hydrogens is 408 g/mol. The highest BCUT2D eigenvalue weighted by Gasteiger charge is 2.42. The lowest BCUT2D eigenvalue weighted by Gasteiger charge is -2.34. The SMILES string of the molecule is O=c1c2c(N3CCC(F)(F)CC3)cccc2ccn1[C@@H]1C[C@@H]1c1ccc2ccccc2n1. The first-order valence-corrected chi connectivity index (χ1v) is 11.1. The van der Waals surface area contributed by atoms with Gasteiger partial charge in [0.25, 0.3) is 11.5 Å². The molecule has 1 aliphatic carbocycles. The summed E-state index contributed by atoms with van der Waals surface area (Å²) in [7, 11) is 0.